The third kappa shape index (κ3) is 3.07. The number of carbonyl (C=O) groups excluding carboxylic acids is 1. The largest absolute Gasteiger partial charge is 0.417 e. The molecule has 1 aromatic rings. The topological polar surface area (TPSA) is 46.3 Å². The van der Waals surface area contributed by atoms with Crippen LogP contribution in [0, 0.1) is 0 Å². The van der Waals surface area contributed by atoms with Gasteiger partial charge in [0.2, 0.25) is 0 Å². The molecule has 0 aromatic heterocycles. The van der Waals surface area contributed by atoms with Crippen molar-refractivity contribution in [2.24, 2.45) is 5.73 Å². The average molecular weight is 272 g/mol. The van der Waals surface area contributed by atoms with Gasteiger partial charge in [0.1, 0.15) is 0 Å². The lowest BCUT2D eigenvalue weighted by atomic mass is 10.0. The van der Waals surface area contributed by atoms with Gasteiger partial charge in [-0.3, -0.25) is 4.79 Å². The Labute approximate surface area is 109 Å². The van der Waals surface area contributed by atoms with Crippen molar-refractivity contribution in [2.45, 2.75) is 25.1 Å². The number of rotatable bonds is 1. The zero-order valence-corrected chi connectivity index (χ0v) is 10.3. The second-order valence-corrected chi connectivity index (χ2v) is 4.70. The van der Waals surface area contributed by atoms with Gasteiger partial charge >= 0.3 is 6.18 Å². The van der Waals surface area contributed by atoms with Crippen LogP contribution in [0.15, 0.2) is 24.3 Å². The Kier molecular flexibility index (Phi) is 3.80. The molecule has 0 unspecified atom stereocenters. The molecule has 1 aromatic carbocycles. The van der Waals surface area contributed by atoms with Crippen LogP contribution >= 0.6 is 0 Å². The van der Waals surface area contributed by atoms with Gasteiger partial charge in [-0.05, 0) is 25.0 Å². The number of carbonyl (C=O) groups is 1. The van der Waals surface area contributed by atoms with Gasteiger partial charge in [-0.2, -0.15) is 13.2 Å². The van der Waals surface area contributed by atoms with Crippen LogP contribution in [0.4, 0.5) is 13.2 Å². The lowest BCUT2D eigenvalue weighted by Crippen LogP contribution is -2.46. The summed E-state index contributed by atoms with van der Waals surface area (Å²) in [4.78, 5) is 13.6. The summed E-state index contributed by atoms with van der Waals surface area (Å²) in [5.41, 5.74) is 4.56. The Hall–Kier alpha value is -1.56. The van der Waals surface area contributed by atoms with Crippen LogP contribution in [0.3, 0.4) is 0 Å². The molecule has 6 heteroatoms. The van der Waals surface area contributed by atoms with Gasteiger partial charge in [0.05, 0.1) is 11.1 Å². The summed E-state index contributed by atoms with van der Waals surface area (Å²) in [7, 11) is 0. The molecule has 1 saturated heterocycles. The molecule has 3 nitrogen and oxygen atoms in total. The van der Waals surface area contributed by atoms with Crippen LogP contribution < -0.4 is 5.73 Å². The van der Waals surface area contributed by atoms with E-state index in [1.807, 2.05) is 0 Å². The number of amides is 1. The number of alkyl halides is 3. The van der Waals surface area contributed by atoms with E-state index in [0.29, 0.717) is 13.1 Å². The van der Waals surface area contributed by atoms with Gasteiger partial charge in [0.15, 0.2) is 0 Å². The Morgan fingerprint density at radius 1 is 1.32 bits per heavy atom. The van der Waals surface area contributed by atoms with E-state index in [1.54, 1.807) is 0 Å². The van der Waals surface area contributed by atoms with Crippen LogP contribution in [0.5, 0.6) is 0 Å². The predicted molar refractivity (Wildman–Crippen MR) is 64.6 cm³/mol. The van der Waals surface area contributed by atoms with Crippen molar-refractivity contribution in [3.05, 3.63) is 35.4 Å². The van der Waals surface area contributed by atoms with Gasteiger partial charge in [-0.25, -0.2) is 0 Å². The van der Waals surface area contributed by atoms with Gasteiger partial charge < -0.3 is 10.6 Å². The third-order valence-corrected chi connectivity index (χ3v) is 3.21. The van der Waals surface area contributed by atoms with Crippen LogP contribution in [-0.4, -0.2) is 29.9 Å². The quantitative estimate of drug-likeness (QED) is 0.852. The van der Waals surface area contributed by atoms with Gasteiger partial charge in [0, 0.05) is 19.1 Å². The molecule has 104 valence electrons. The lowest BCUT2D eigenvalue weighted by Gasteiger charge is -2.31. The van der Waals surface area contributed by atoms with Crippen molar-refractivity contribution >= 4 is 5.91 Å². The summed E-state index contributed by atoms with van der Waals surface area (Å²) < 4.78 is 38.6. The molecular weight excluding hydrogens is 257 g/mol. The van der Waals surface area contributed by atoms with E-state index in [4.69, 9.17) is 5.73 Å². The number of piperidine rings is 1. The molecule has 2 N–H and O–H groups in total. The first-order valence-corrected chi connectivity index (χ1v) is 6.10. The Morgan fingerprint density at radius 3 is 2.63 bits per heavy atom. The summed E-state index contributed by atoms with van der Waals surface area (Å²) in [5, 5.41) is 0. The summed E-state index contributed by atoms with van der Waals surface area (Å²) in [5.74, 6) is -0.594. The van der Waals surface area contributed by atoms with E-state index in [1.165, 1.54) is 23.1 Å². The third-order valence-electron chi connectivity index (χ3n) is 3.21. The van der Waals surface area contributed by atoms with Gasteiger partial charge in [-0.1, -0.05) is 12.1 Å². The minimum Gasteiger partial charge on any atom is -0.337 e. The van der Waals surface area contributed by atoms with Crippen LogP contribution in [-0.2, 0) is 6.18 Å². The number of halogens is 3. The van der Waals surface area contributed by atoms with E-state index < -0.39 is 17.6 Å². The first-order chi connectivity index (χ1) is 8.89. The SMILES string of the molecule is N[C@@H]1CCCN(C(=O)c2ccccc2C(F)(F)F)C1. The summed E-state index contributed by atoms with van der Waals surface area (Å²) >= 11 is 0. The zero-order chi connectivity index (χ0) is 14.0. The normalized spacial score (nSPS) is 20.4. The fourth-order valence-corrected chi connectivity index (χ4v) is 2.28. The fourth-order valence-electron chi connectivity index (χ4n) is 2.28. The number of nitrogens with zero attached hydrogens (tertiary/aromatic N) is 1. The highest BCUT2D eigenvalue weighted by Gasteiger charge is 2.36. The van der Waals surface area contributed by atoms with E-state index in [-0.39, 0.29) is 11.6 Å². The maximum Gasteiger partial charge on any atom is 0.417 e. The maximum absolute atomic E-state index is 12.9. The van der Waals surface area contributed by atoms with Crippen molar-refractivity contribution in [3.63, 3.8) is 0 Å². The zero-order valence-electron chi connectivity index (χ0n) is 10.3. The molecule has 19 heavy (non-hydrogen) atoms. The van der Waals surface area contributed by atoms with E-state index in [0.717, 1.165) is 18.9 Å². The van der Waals surface area contributed by atoms with Crippen molar-refractivity contribution < 1.29 is 18.0 Å². The van der Waals surface area contributed by atoms with Gasteiger partial charge in [-0.15, -0.1) is 0 Å². The molecule has 0 spiro atoms. The highest BCUT2D eigenvalue weighted by Crippen LogP contribution is 2.32. The number of nitrogens with two attached hydrogens (primary N) is 1. The van der Waals surface area contributed by atoms with Crippen molar-refractivity contribution in [1.29, 1.82) is 0 Å². The first-order valence-electron chi connectivity index (χ1n) is 6.10. The summed E-state index contributed by atoms with van der Waals surface area (Å²) in [6, 6.07) is 4.70. The molecule has 1 heterocycles. The number of hydrogen-bond donors (Lipinski definition) is 1. The lowest BCUT2D eigenvalue weighted by molar-refractivity contribution is -0.138. The minimum absolute atomic E-state index is 0.157. The second-order valence-electron chi connectivity index (χ2n) is 4.70. The Bertz CT molecular complexity index is 473. The number of likely N-dealkylation sites (tertiary alicyclic amines) is 1. The van der Waals surface area contributed by atoms with E-state index >= 15 is 0 Å². The number of benzene rings is 1. The highest BCUT2D eigenvalue weighted by molar-refractivity contribution is 5.96. The molecule has 0 aliphatic carbocycles. The van der Waals surface area contributed by atoms with Crippen molar-refractivity contribution in [2.75, 3.05) is 13.1 Å². The van der Waals surface area contributed by atoms with Crippen LogP contribution in [0.25, 0.3) is 0 Å². The molecule has 1 amide bonds. The summed E-state index contributed by atoms with van der Waals surface area (Å²) in [6.45, 7) is 0.768. The van der Waals surface area contributed by atoms with Crippen molar-refractivity contribution in [3.8, 4) is 0 Å². The monoisotopic (exact) mass is 272 g/mol. The molecular formula is C13H15F3N2O. The van der Waals surface area contributed by atoms with Gasteiger partial charge in [0.25, 0.3) is 5.91 Å². The molecule has 1 aliphatic rings. The molecule has 0 radical (unpaired) electrons. The van der Waals surface area contributed by atoms with Crippen molar-refractivity contribution in [1.82, 2.24) is 4.90 Å². The molecule has 1 aliphatic heterocycles. The molecule has 0 bridgehead atoms. The summed E-state index contributed by atoms with van der Waals surface area (Å²) in [6.07, 6.45) is -3.00. The molecule has 2 rings (SSSR count). The average Bonchev–Trinajstić information content (AvgIpc) is 2.37. The first kappa shape index (κ1) is 13.9. The Balaban J connectivity index is 2.29. The smallest absolute Gasteiger partial charge is 0.337 e. The molecule has 0 saturated carbocycles. The fraction of sp³-hybridized carbons (Fsp3) is 0.462. The predicted octanol–water partition coefficient (Wildman–Crippen LogP) is 2.27. The van der Waals surface area contributed by atoms with E-state index in [2.05, 4.69) is 0 Å². The Morgan fingerprint density at radius 2 is 2.00 bits per heavy atom. The van der Waals surface area contributed by atoms with E-state index in [9.17, 15) is 18.0 Å². The standard InChI is InChI=1S/C13H15F3N2O/c14-13(15,16)11-6-2-1-5-10(11)12(19)18-7-3-4-9(17)8-18/h1-2,5-6,9H,3-4,7-8,17H2/t9-/m1/s1. The minimum atomic E-state index is -4.52. The van der Waals surface area contributed by atoms with Crippen LogP contribution in [0.2, 0.25) is 0 Å². The second kappa shape index (κ2) is 5.21. The maximum atomic E-state index is 12.9. The molecule has 1 atom stereocenters. The molecule has 1 fully saturated rings. The van der Waals surface area contributed by atoms with Crippen LogP contribution in [0.1, 0.15) is 28.8 Å². The highest BCUT2D eigenvalue weighted by atomic mass is 19.4. The number of hydrogen-bond acceptors (Lipinski definition) is 2.